The normalized spacial score (nSPS) is 11.3. The number of amides is 2. The smallest absolute Gasteiger partial charge is 0.335 e. The highest BCUT2D eigenvalue weighted by Crippen LogP contribution is 2.22. The van der Waals surface area contributed by atoms with E-state index in [1.54, 1.807) is 31.2 Å². The number of aromatic carboxylic acids is 1. The number of aryl methyl sites for hydroxylation is 1. The summed E-state index contributed by atoms with van der Waals surface area (Å²) >= 11 is 0. The number of aromatic nitrogens is 2. The maximum absolute atomic E-state index is 13.3. The fourth-order valence-electron chi connectivity index (χ4n) is 3.87. The zero-order valence-electron chi connectivity index (χ0n) is 20.3. The van der Waals surface area contributed by atoms with Crippen LogP contribution in [0.3, 0.4) is 0 Å². The standard InChI is InChI=1S/C28H23N5O5/c1-17-24(33(38)25(30-17)20-9-7-19(16-29)8-10-20)27(35)32-23(15-18-5-3-2-4-6-18)26(34)31-22-13-11-21(12-14-22)28(36)37/h2-14,23,38H,15H2,1H3,(H,31,34)(H,32,35)(H,36,37)/t23-/m0/s1. The summed E-state index contributed by atoms with van der Waals surface area (Å²) in [5.41, 5.74) is 2.26. The van der Waals surface area contributed by atoms with E-state index in [0.29, 0.717) is 21.5 Å². The molecule has 1 atom stereocenters. The third kappa shape index (κ3) is 5.68. The number of hydrogen-bond acceptors (Lipinski definition) is 6. The van der Waals surface area contributed by atoms with Crippen LogP contribution in [0.15, 0.2) is 78.9 Å². The van der Waals surface area contributed by atoms with Crippen LogP contribution in [-0.2, 0) is 11.2 Å². The highest BCUT2D eigenvalue weighted by molar-refractivity contribution is 6.01. The molecule has 0 aliphatic heterocycles. The number of rotatable bonds is 8. The van der Waals surface area contributed by atoms with Crippen LogP contribution in [0.25, 0.3) is 11.4 Å². The van der Waals surface area contributed by atoms with Gasteiger partial charge in [0.05, 0.1) is 22.9 Å². The molecule has 0 fully saturated rings. The molecule has 0 unspecified atom stereocenters. The van der Waals surface area contributed by atoms with Crippen LogP contribution in [0, 0.1) is 18.3 Å². The van der Waals surface area contributed by atoms with E-state index in [-0.39, 0.29) is 29.2 Å². The SMILES string of the molecule is Cc1nc(-c2ccc(C#N)cc2)n(O)c1C(=O)N[C@@H](Cc1ccccc1)C(=O)Nc1ccc(C(=O)O)cc1. The van der Waals surface area contributed by atoms with Crippen molar-refractivity contribution in [2.75, 3.05) is 5.32 Å². The predicted octanol–water partition coefficient (Wildman–Crippen LogP) is 3.65. The van der Waals surface area contributed by atoms with Gasteiger partial charge in [-0.05, 0) is 61.0 Å². The second kappa shape index (κ2) is 11.1. The third-order valence-electron chi connectivity index (χ3n) is 5.82. The van der Waals surface area contributed by atoms with E-state index in [2.05, 4.69) is 15.6 Å². The summed E-state index contributed by atoms with van der Waals surface area (Å²) in [5, 5.41) is 34.3. The summed E-state index contributed by atoms with van der Waals surface area (Å²) in [7, 11) is 0. The second-order valence-corrected chi connectivity index (χ2v) is 8.46. The lowest BCUT2D eigenvalue weighted by Gasteiger charge is -2.19. The minimum Gasteiger partial charge on any atom is -0.478 e. The van der Waals surface area contributed by atoms with Crippen molar-refractivity contribution in [3.63, 3.8) is 0 Å². The van der Waals surface area contributed by atoms with Crippen molar-refractivity contribution in [1.29, 1.82) is 5.26 Å². The van der Waals surface area contributed by atoms with Crippen LogP contribution >= 0.6 is 0 Å². The molecule has 0 radical (unpaired) electrons. The van der Waals surface area contributed by atoms with Gasteiger partial charge < -0.3 is 20.9 Å². The maximum atomic E-state index is 13.3. The van der Waals surface area contributed by atoms with Gasteiger partial charge >= 0.3 is 5.97 Å². The summed E-state index contributed by atoms with van der Waals surface area (Å²) in [4.78, 5) is 41.9. The number of carboxylic acid groups (broad SMARTS) is 1. The Morgan fingerprint density at radius 3 is 2.26 bits per heavy atom. The van der Waals surface area contributed by atoms with Gasteiger partial charge in [-0.1, -0.05) is 30.3 Å². The minimum absolute atomic E-state index is 0.0712. The van der Waals surface area contributed by atoms with E-state index < -0.39 is 23.8 Å². The molecule has 0 bridgehead atoms. The van der Waals surface area contributed by atoms with Gasteiger partial charge in [-0.2, -0.15) is 9.99 Å². The van der Waals surface area contributed by atoms with Crippen molar-refractivity contribution >= 4 is 23.5 Å². The number of carbonyl (C=O) groups is 3. The molecule has 3 aromatic carbocycles. The number of benzene rings is 3. The molecule has 0 aliphatic rings. The second-order valence-electron chi connectivity index (χ2n) is 8.46. The van der Waals surface area contributed by atoms with Gasteiger partial charge in [0.25, 0.3) is 5.91 Å². The fourth-order valence-corrected chi connectivity index (χ4v) is 3.87. The van der Waals surface area contributed by atoms with Crippen LogP contribution in [0.4, 0.5) is 5.69 Å². The maximum Gasteiger partial charge on any atom is 0.335 e. The first-order valence-electron chi connectivity index (χ1n) is 11.5. The Morgan fingerprint density at radius 1 is 1.00 bits per heavy atom. The summed E-state index contributed by atoms with van der Waals surface area (Å²) in [6, 6.07) is 22.1. The van der Waals surface area contributed by atoms with Crippen molar-refractivity contribution in [3.05, 3.63) is 107 Å². The summed E-state index contributed by atoms with van der Waals surface area (Å²) < 4.78 is 0.661. The molecule has 10 heteroatoms. The van der Waals surface area contributed by atoms with E-state index >= 15 is 0 Å². The molecular formula is C28H23N5O5. The summed E-state index contributed by atoms with van der Waals surface area (Å²) in [6.07, 6.45) is 0.159. The lowest BCUT2D eigenvalue weighted by Crippen LogP contribution is -2.46. The first-order valence-corrected chi connectivity index (χ1v) is 11.5. The first-order chi connectivity index (χ1) is 18.3. The molecule has 4 rings (SSSR count). The molecule has 1 aromatic heterocycles. The zero-order valence-corrected chi connectivity index (χ0v) is 20.3. The topological polar surface area (TPSA) is 157 Å². The Balaban J connectivity index is 1.59. The lowest BCUT2D eigenvalue weighted by atomic mass is 10.0. The minimum atomic E-state index is -1.09. The number of imidazole rings is 1. The van der Waals surface area contributed by atoms with Gasteiger partial charge in [0, 0.05) is 17.7 Å². The van der Waals surface area contributed by atoms with Gasteiger partial charge in [-0.15, -0.1) is 0 Å². The Morgan fingerprint density at radius 2 is 1.66 bits per heavy atom. The number of nitriles is 1. The predicted molar refractivity (Wildman–Crippen MR) is 138 cm³/mol. The molecule has 4 N–H and O–H groups in total. The Kier molecular flexibility index (Phi) is 7.49. The number of hydrogen-bond donors (Lipinski definition) is 4. The largest absolute Gasteiger partial charge is 0.478 e. The van der Waals surface area contributed by atoms with Gasteiger partial charge in [-0.25, -0.2) is 9.78 Å². The van der Waals surface area contributed by atoms with Crippen molar-refractivity contribution in [3.8, 4) is 17.5 Å². The van der Waals surface area contributed by atoms with Crippen molar-refractivity contribution in [1.82, 2.24) is 15.0 Å². The third-order valence-corrected chi connectivity index (χ3v) is 5.82. The van der Waals surface area contributed by atoms with E-state index in [4.69, 9.17) is 10.4 Å². The quantitative estimate of drug-likeness (QED) is 0.264. The van der Waals surface area contributed by atoms with Gasteiger partial charge in [0.2, 0.25) is 5.91 Å². The molecule has 0 aliphatic carbocycles. The molecule has 0 saturated heterocycles. The molecule has 10 nitrogen and oxygen atoms in total. The van der Waals surface area contributed by atoms with Crippen LogP contribution in [-0.4, -0.2) is 43.9 Å². The van der Waals surface area contributed by atoms with Gasteiger partial charge in [0.1, 0.15) is 6.04 Å². The molecule has 2 amide bonds. The highest BCUT2D eigenvalue weighted by Gasteiger charge is 2.27. The molecular weight excluding hydrogens is 486 g/mol. The molecule has 1 heterocycles. The Labute approximate surface area is 217 Å². The monoisotopic (exact) mass is 509 g/mol. The van der Waals surface area contributed by atoms with Crippen molar-refractivity contribution < 1.29 is 24.7 Å². The number of anilines is 1. The fraction of sp³-hybridized carbons (Fsp3) is 0.107. The number of carbonyl (C=O) groups excluding carboxylic acids is 2. The lowest BCUT2D eigenvalue weighted by molar-refractivity contribution is -0.118. The van der Waals surface area contributed by atoms with E-state index in [1.807, 2.05) is 36.4 Å². The average Bonchev–Trinajstić information content (AvgIpc) is 3.22. The van der Waals surface area contributed by atoms with Gasteiger partial charge in [0.15, 0.2) is 11.5 Å². The first kappa shape index (κ1) is 25.7. The van der Waals surface area contributed by atoms with Crippen LogP contribution in [0.2, 0.25) is 0 Å². The molecule has 0 spiro atoms. The number of nitrogens with zero attached hydrogens (tertiary/aromatic N) is 3. The van der Waals surface area contributed by atoms with Gasteiger partial charge in [-0.3, -0.25) is 9.59 Å². The van der Waals surface area contributed by atoms with E-state index in [0.717, 1.165) is 5.56 Å². The molecule has 0 saturated carbocycles. The zero-order chi connectivity index (χ0) is 27.2. The van der Waals surface area contributed by atoms with Crippen molar-refractivity contribution in [2.45, 2.75) is 19.4 Å². The number of carboxylic acids is 1. The Hall–Kier alpha value is -5.43. The van der Waals surface area contributed by atoms with E-state index in [1.165, 1.54) is 24.3 Å². The highest BCUT2D eigenvalue weighted by atomic mass is 16.5. The Bertz CT molecular complexity index is 1520. The molecule has 190 valence electrons. The van der Waals surface area contributed by atoms with E-state index in [9.17, 15) is 19.6 Å². The summed E-state index contributed by atoms with van der Waals surface area (Å²) in [6.45, 7) is 1.56. The van der Waals surface area contributed by atoms with Crippen molar-refractivity contribution in [2.24, 2.45) is 0 Å². The summed E-state index contributed by atoms with van der Waals surface area (Å²) in [5.74, 6) is -2.22. The van der Waals surface area contributed by atoms with Crippen LogP contribution < -0.4 is 10.6 Å². The van der Waals surface area contributed by atoms with Crippen LogP contribution in [0.1, 0.15) is 37.7 Å². The average molecular weight is 510 g/mol. The molecule has 38 heavy (non-hydrogen) atoms. The number of nitrogens with one attached hydrogen (secondary N) is 2. The molecule has 4 aromatic rings. The van der Waals surface area contributed by atoms with Crippen LogP contribution in [0.5, 0.6) is 0 Å².